The number of carbonyl (C=O) groups excluding carboxylic acids is 2. The summed E-state index contributed by atoms with van der Waals surface area (Å²) in [6.07, 6.45) is -5.34. The lowest BCUT2D eigenvalue weighted by Crippen LogP contribution is -2.53. The van der Waals surface area contributed by atoms with Crippen LogP contribution in [0.25, 0.3) is 0 Å². The molecule has 1 aliphatic heterocycles. The fourth-order valence-corrected chi connectivity index (χ4v) is 2.12. The maximum atomic E-state index is 13.4. The molecule has 2 atom stereocenters. The largest absolute Gasteiger partial charge is 0.408 e. The van der Waals surface area contributed by atoms with Gasteiger partial charge in [-0.2, -0.15) is 13.2 Å². The topological polar surface area (TPSA) is 58.2 Å². The van der Waals surface area contributed by atoms with Gasteiger partial charge in [-0.1, -0.05) is 0 Å². The summed E-state index contributed by atoms with van der Waals surface area (Å²) in [4.78, 5) is 23.5. The molecule has 1 heterocycles. The molecule has 1 aliphatic rings. The molecule has 0 unspecified atom stereocenters. The summed E-state index contributed by atoms with van der Waals surface area (Å²) in [5.41, 5.74) is -0.350. The zero-order valence-electron chi connectivity index (χ0n) is 11.0. The SMILES string of the molecule is O=C(Nc1ccc(F)cc1F)[C@@H]1CC[C@H](C(F)(F)F)NC1=O. The lowest BCUT2D eigenvalue weighted by Gasteiger charge is -2.29. The van der Waals surface area contributed by atoms with Crippen LogP contribution in [0.1, 0.15) is 12.8 Å². The van der Waals surface area contributed by atoms with Crippen LogP contribution in [0.5, 0.6) is 0 Å². The Bertz CT molecular complexity index is 603. The highest BCUT2D eigenvalue weighted by Gasteiger charge is 2.45. The highest BCUT2D eigenvalue weighted by Crippen LogP contribution is 2.29. The molecule has 0 aliphatic carbocycles. The van der Waals surface area contributed by atoms with Crippen LogP contribution in [0.15, 0.2) is 18.2 Å². The van der Waals surface area contributed by atoms with E-state index in [1.54, 1.807) is 5.32 Å². The molecule has 2 N–H and O–H groups in total. The van der Waals surface area contributed by atoms with Crippen LogP contribution in [0.2, 0.25) is 0 Å². The molecule has 0 aromatic heterocycles. The van der Waals surface area contributed by atoms with E-state index < -0.39 is 48.0 Å². The molecule has 1 fully saturated rings. The van der Waals surface area contributed by atoms with Crippen LogP contribution in [0.3, 0.4) is 0 Å². The van der Waals surface area contributed by atoms with Gasteiger partial charge in [-0.25, -0.2) is 8.78 Å². The van der Waals surface area contributed by atoms with Crippen LogP contribution in [-0.4, -0.2) is 24.0 Å². The maximum Gasteiger partial charge on any atom is 0.408 e. The van der Waals surface area contributed by atoms with E-state index in [1.165, 1.54) is 0 Å². The molecule has 0 radical (unpaired) electrons. The van der Waals surface area contributed by atoms with Crippen molar-refractivity contribution in [2.24, 2.45) is 5.92 Å². The molecule has 2 rings (SSSR count). The number of hydrogen-bond donors (Lipinski definition) is 2. The minimum Gasteiger partial charge on any atom is -0.344 e. The van der Waals surface area contributed by atoms with E-state index in [0.717, 1.165) is 12.1 Å². The normalized spacial score (nSPS) is 22.1. The summed E-state index contributed by atoms with van der Waals surface area (Å²) >= 11 is 0. The minimum absolute atomic E-state index is 0.315. The van der Waals surface area contributed by atoms with E-state index in [4.69, 9.17) is 0 Å². The summed E-state index contributed by atoms with van der Waals surface area (Å²) < 4.78 is 63.6. The van der Waals surface area contributed by atoms with Gasteiger partial charge in [0.15, 0.2) is 0 Å². The predicted molar refractivity (Wildman–Crippen MR) is 65.7 cm³/mol. The number of nitrogens with one attached hydrogen (secondary N) is 2. The Morgan fingerprint density at radius 1 is 1.23 bits per heavy atom. The molecular weight excluding hydrogens is 311 g/mol. The van der Waals surface area contributed by atoms with Gasteiger partial charge in [0.2, 0.25) is 11.8 Å². The molecule has 1 saturated heterocycles. The molecule has 1 aromatic rings. The molecule has 9 heteroatoms. The quantitative estimate of drug-likeness (QED) is 0.649. The Kier molecular flexibility index (Phi) is 4.34. The summed E-state index contributed by atoms with van der Waals surface area (Å²) in [6.45, 7) is 0. The van der Waals surface area contributed by atoms with E-state index in [9.17, 15) is 31.5 Å². The van der Waals surface area contributed by atoms with Crippen molar-refractivity contribution in [2.75, 3.05) is 5.32 Å². The number of carbonyl (C=O) groups is 2. The molecule has 22 heavy (non-hydrogen) atoms. The number of rotatable bonds is 2. The number of alkyl halides is 3. The number of halogens is 5. The van der Waals surface area contributed by atoms with E-state index in [2.05, 4.69) is 5.32 Å². The summed E-state index contributed by atoms with van der Waals surface area (Å²) in [6, 6.07) is 0.406. The Labute approximate surface area is 121 Å². The molecule has 0 spiro atoms. The number of piperidine rings is 1. The van der Waals surface area contributed by atoms with Crippen molar-refractivity contribution in [3.8, 4) is 0 Å². The average molecular weight is 322 g/mol. The second-order valence-electron chi connectivity index (χ2n) is 4.85. The smallest absolute Gasteiger partial charge is 0.344 e. The average Bonchev–Trinajstić information content (AvgIpc) is 2.40. The lowest BCUT2D eigenvalue weighted by molar-refractivity contribution is -0.170. The predicted octanol–water partition coefficient (Wildman–Crippen LogP) is 2.36. The van der Waals surface area contributed by atoms with Gasteiger partial charge in [0.1, 0.15) is 23.6 Å². The molecule has 0 saturated carbocycles. The Balaban J connectivity index is 2.03. The maximum absolute atomic E-state index is 13.4. The van der Waals surface area contributed by atoms with Gasteiger partial charge >= 0.3 is 6.18 Å². The molecular formula is C13H11F5N2O2. The first-order valence-electron chi connectivity index (χ1n) is 6.31. The Morgan fingerprint density at radius 3 is 2.45 bits per heavy atom. The molecule has 120 valence electrons. The third-order valence-electron chi connectivity index (χ3n) is 3.28. The van der Waals surface area contributed by atoms with Gasteiger partial charge in [-0.15, -0.1) is 0 Å². The highest BCUT2D eigenvalue weighted by molar-refractivity contribution is 6.06. The van der Waals surface area contributed by atoms with Crippen LogP contribution < -0.4 is 10.6 Å². The van der Waals surface area contributed by atoms with Gasteiger partial charge in [-0.05, 0) is 25.0 Å². The fourth-order valence-electron chi connectivity index (χ4n) is 2.12. The van der Waals surface area contributed by atoms with Gasteiger partial charge < -0.3 is 10.6 Å². The number of anilines is 1. The number of amides is 2. The van der Waals surface area contributed by atoms with Crippen molar-refractivity contribution in [3.05, 3.63) is 29.8 Å². The van der Waals surface area contributed by atoms with Crippen LogP contribution in [0, 0.1) is 17.6 Å². The summed E-state index contributed by atoms with van der Waals surface area (Å²) in [5, 5.41) is 3.79. The van der Waals surface area contributed by atoms with Crippen LogP contribution in [0.4, 0.5) is 27.6 Å². The molecule has 2 amide bonds. The third kappa shape index (κ3) is 3.52. The van der Waals surface area contributed by atoms with Crippen LogP contribution in [-0.2, 0) is 9.59 Å². The summed E-state index contributed by atoms with van der Waals surface area (Å²) in [5.74, 6) is -5.27. The van der Waals surface area contributed by atoms with E-state index >= 15 is 0 Å². The zero-order chi connectivity index (χ0) is 16.5. The molecule has 0 bridgehead atoms. The second-order valence-corrected chi connectivity index (χ2v) is 4.85. The first-order chi connectivity index (χ1) is 10.2. The van der Waals surface area contributed by atoms with Crippen molar-refractivity contribution in [1.82, 2.24) is 5.32 Å². The number of hydrogen-bond acceptors (Lipinski definition) is 2. The van der Waals surface area contributed by atoms with E-state index in [1.807, 2.05) is 0 Å². The second kappa shape index (κ2) is 5.90. The van der Waals surface area contributed by atoms with Crippen LogP contribution >= 0.6 is 0 Å². The monoisotopic (exact) mass is 322 g/mol. The van der Waals surface area contributed by atoms with Gasteiger partial charge in [0.25, 0.3) is 0 Å². The third-order valence-corrected chi connectivity index (χ3v) is 3.28. The fraction of sp³-hybridized carbons (Fsp3) is 0.385. The standard InChI is InChI=1S/C13H11F5N2O2/c14-6-1-3-9(8(15)5-6)19-11(21)7-2-4-10(13(16,17)18)20-12(7)22/h1,3,5,7,10H,2,4H2,(H,19,21)(H,20,22)/t7-,10+/m0/s1. The molecule has 4 nitrogen and oxygen atoms in total. The number of benzene rings is 1. The minimum atomic E-state index is -4.58. The van der Waals surface area contributed by atoms with Crippen molar-refractivity contribution in [2.45, 2.75) is 25.1 Å². The van der Waals surface area contributed by atoms with Crippen molar-refractivity contribution >= 4 is 17.5 Å². The Morgan fingerprint density at radius 2 is 1.91 bits per heavy atom. The molecule has 1 aromatic carbocycles. The van der Waals surface area contributed by atoms with Gasteiger partial charge in [0.05, 0.1) is 5.69 Å². The lowest BCUT2D eigenvalue weighted by atomic mass is 9.92. The first kappa shape index (κ1) is 16.2. The summed E-state index contributed by atoms with van der Waals surface area (Å²) in [7, 11) is 0. The highest BCUT2D eigenvalue weighted by atomic mass is 19.4. The van der Waals surface area contributed by atoms with E-state index in [-0.39, 0.29) is 12.1 Å². The van der Waals surface area contributed by atoms with Crippen molar-refractivity contribution < 1.29 is 31.5 Å². The van der Waals surface area contributed by atoms with Crippen molar-refractivity contribution in [3.63, 3.8) is 0 Å². The van der Waals surface area contributed by atoms with Gasteiger partial charge in [0, 0.05) is 6.07 Å². The van der Waals surface area contributed by atoms with Crippen molar-refractivity contribution in [1.29, 1.82) is 0 Å². The first-order valence-corrected chi connectivity index (χ1v) is 6.31. The van der Waals surface area contributed by atoms with E-state index in [0.29, 0.717) is 6.07 Å². The van der Waals surface area contributed by atoms with Gasteiger partial charge in [-0.3, -0.25) is 9.59 Å². The Hall–Kier alpha value is -2.19. The zero-order valence-corrected chi connectivity index (χ0v) is 11.0.